The topological polar surface area (TPSA) is 47.8 Å². The summed E-state index contributed by atoms with van der Waals surface area (Å²) in [4.78, 5) is 3.21. The third-order valence-corrected chi connectivity index (χ3v) is 3.82. The molecule has 0 atom stereocenters. The summed E-state index contributed by atoms with van der Waals surface area (Å²) in [5.41, 5.74) is 4.15. The summed E-state index contributed by atoms with van der Waals surface area (Å²) < 4.78 is 10.4. The molecule has 0 aliphatic heterocycles. The molecule has 1 N–H and O–H groups in total. The van der Waals surface area contributed by atoms with Gasteiger partial charge in [-0.3, -0.25) is 9.25 Å². The molecule has 2 heterocycles. The summed E-state index contributed by atoms with van der Waals surface area (Å²) in [5.74, 6) is 0.884. The Bertz CT molecular complexity index is 843. The van der Waals surface area contributed by atoms with Gasteiger partial charge in [-0.15, -0.1) is 0 Å². The van der Waals surface area contributed by atoms with E-state index in [1.54, 1.807) is 0 Å². The van der Waals surface area contributed by atoms with E-state index in [1.807, 2.05) is 41.4 Å². The van der Waals surface area contributed by atoms with Gasteiger partial charge in [0.25, 0.3) is 0 Å². The van der Waals surface area contributed by atoms with Crippen LogP contribution >= 0.6 is 12.2 Å². The minimum atomic E-state index is 0.564. The first-order valence-corrected chi connectivity index (χ1v) is 7.28. The van der Waals surface area contributed by atoms with Crippen LogP contribution in [0.3, 0.4) is 0 Å². The van der Waals surface area contributed by atoms with E-state index in [-0.39, 0.29) is 0 Å². The van der Waals surface area contributed by atoms with Crippen LogP contribution in [-0.2, 0) is 13.6 Å². The number of aryl methyl sites for hydroxylation is 3. The molecule has 0 saturated carbocycles. The van der Waals surface area contributed by atoms with Crippen molar-refractivity contribution >= 4 is 23.4 Å². The maximum Gasteiger partial charge on any atom is 0.179 e. The van der Waals surface area contributed by atoms with Gasteiger partial charge < -0.3 is 9.72 Å². The number of benzene rings is 1. The van der Waals surface area contributed by atoms with E-state index < -0.39 is 0 Å². The Morgan fingerprint density at radius 2 is 2.14 bits per heavy atom. The molecule has 0 aliphatic rings. The minimum Gasteiger partial charge on any atom is -0.492 e. The number of imidazole rings is 1. The molecule has 0 aliphatic carbocycles. The summed E-state index contributed by atoms with van der Waals surface area (Å²) in [6.45, 7) is 5.28. The highest BCUT2D eigenvalue weighted by Crippen LogP contribution is 2.17. The van der Waals surface area contributed by atoms with Crippen molar-refractivity contribution in [1.82, 2.24) is 19.3 Å². The van der Waals surface area contributed by atoms with Crippen LogP contribution in [0.2, 0.25) is 0 Å². The number of ether oxygens (including phenoxy) is 1. The zero-order valence-electron chi connectivity index (χ0n) is 12.4. The highest BCUT2D eigenvalue weighted by atomic mass is 32.1. The van der Waals surface area contributed by atoms with Gasteiger partial charge in [0.2, 0.25) is 0 Å². The highest BCUT2D eigenvalue weighted by Gasteiger charge is 2.12. The number of fused-ring (bicyclic) bond motifs is 1. The second kappa shape index (κ2) is 5.37. The summed E-state index contributed by atoms with van der Waals surface area (Å²) in [6.07, 6.45) is 0. The Balaban J connectivity index is 1.79. The zero-order valence-corrected chi connectivity index (χ0v) is 13.2. The first kappa shape index (κ1) is 13.9. The van der Waals surface area contributed by atoms with E-state index in [9.17, 15) is 0 Å². The molecule has 0 fully saturated rings. The monoisotopic (exact) mass is 302 g/mol. The van der Waals surface area contributed by atoms with Crippen molar-refractivity contribution < 1.29 is 4.74 Å². The molecule has 110 valence electrons. The predicted molar refractivity (Wildman–Crippen MR) is 85.3 cm³/mol. The lowest BCUT2D eigenvalue weighted by Gasteiger charge is -2.08. The largest absolute Gasteiger partial charge is 0.492 e. The Hall–Kier alpha value is -2.08. The van der Waals surface area contributed by atoms with Crippen molar-refractivity contribution in [2.75, 3.05) is 6.61 Å². The zero-order chi connectivity index (χ0) is 15.0. The van der Waals surface area contributed by atoms with E-state index in [1.165, 1.54) is 5.56 Å². The van der Waals surface area contributed by atoms with Gasteiger partial charge in [-0.2, -0.15) is 5.10 Å². The molecule has 6 heteroatoms. The average molecular weight is 302 g/mol. The van der Waals surface area contributed by atoms with Crippen LogP contribution in [0, 0.1) is 18.6 Å². The number of hydrogen-bond acceptors (Lipinski definition) is 3. The van der Waals surface area contributed by atoms with E-state index in [2.05, 4.69) is 23.1 Å². The highest BCUT2D eigenvalue weighted by molar-refractivity contribution is 7.71. The third-order valence-electron chi connectivity index (χ3n) is 3.50. The fourth-order valence-corrected chi connectivity index (χ4v) is 2.82. The van der Waals surface area contributed by atoms with E-state index in [0.29, 0.717) is 17.9 Å². The number of hydrogen-bond donors (Lipinski definition) is 1. The molecule has 21 heavy (non-hydrogen) atoms. The second-order valence-corrected chi connectivity index (χ2v) is 5.54. The lowest BCUT2D eigenvalue weighted by atomic mass is 10.2. The Morgan fingerprint density at radius 3 is 2.90 bits per heavy atom. The molecule has 0 amide bonds. The number of aromatic nitrogens is 4. The van der Waals surface area contributed by atoms with Gasteiger partial charge in [0.1, 0.15) is 17.9 Å². The predicted octanol–water partition coefficient (Wildman–Crippen LogP) is 3.13. The van der Waals surface area contributed by atoms with Crippen molar-refractivity contribution in [2.45, 2.75) is 20.4 Å². The van der Waals surface area contributed by atoms with E-state index in [4.69, 9.17) is 17.0 Å². The minimum absolute atomic E-state index is 0.564. The van der Waals surface area contributed by atoms with Crippen LogP contribution in [0.4, 0.5) is 0 Å². The van der Waals surface area contributed by atoms with Crippen molar-refractivity contribution in [3.05, 3.63) is 40.3 Å². The maximum absolute atomic E-state index is 5.80. The molecular formula is C15H18N4OS. The molecule has 1 aromatic carbocycles. The van der Waals surface area contributed by atoms with Crippen LogP contribution in [0.5, 0.6) is 5.75 Å². The van der Waals surface area contributed by atoms with Crippen molar-refractivity contribution in [2.24, 2.45) is 7.05 Å². The number of nitrogens with one attached hydrogen (secondary N) is 1. The number of H-pyrrole nitrogens is 1. The third kappa shape index (κ3) is 2.58. The second-order valence-electron chi connectivity index (χ2n) is 5.15. The van der Waals surface area contributed by atoms with Gasteiger partial charge in [-0.05, 0) is 43.8 Å². The quantitative estimate of drug-likeness (QED) is 0.753. The molecule has 0 spiro atoms. The van der Waals surface area contributed by atoms with Gasteiger partial charge >= 0.3 is 0 Å². The molecule has 2 aromatic heterocycles. The molecule has 0 unspecified atom stereocenters. The van der Waals surface area contributed by atoms with Crippen molar-refractivity contribution in [1.29, 1.82) is 0 Å². The Kier molecular flexibility index (Phi) is 3.55. The maximum atomic E-state index is 5.80. The fraction of sp³-hybridized carbons (Fsp3) is 0.333. The van der Waals surface area contributed by atoms with Crippen LogP contribution in [0.25, 0.3) is 11.2 Å². The molecule has 0 bridgehead atoms. The summed E-state index contributed by atoms with van der Waals surface area (Å²) in [7, 11) is 1.93. The SMILES string of the molecule is Cc1cccc(OCCn2c(=S)[nH]c3c(C)nn(C)c32)c1. The van der Waals surface area contributed by atoms with E-state index >= 15 is 0 Å². The fourth-order valence-electron chi connectivity index (χ4n) is 2.54. The Morgan fingerprint density at radius 1 is 1.33 bits per heavy atom. The average Bonchev–Trinajstić information content (AvgIpc) is 2.89. The van der Waals surface area contributed by atoms with Crippen LogP contribution in [0.1, 0.15) is 11.3 Å². The van der Waals surface area contributed by atoms with Crippen molar-refractivity contribution in [3.63, 3.8) is 0 Å². The Labute approximate surface area is 128 Å². The molecule has 3 aromatic rings. The first-order valence-electron chi connectivity index (χ1n) is 6.88. The van der Waals surface area contributed by atoms with Gasteiger partial charge in [0.15, 0.2) is 10.4 Å². The first-order chi connectivity index (χ1) is 10.1. The van der Waals surface area contributed by atoms with Crippen molar-refractivity contribution in [3.8, 4) is 5.75 Å². The van der Waals surface area contributed by atoms with Crippen LogP contribution in [0.15, 0.2) is 24.3 Å². The smallest absolute Gasteiger partial charge is 0.179 e. The van der Waals surface area contributed by atoms with Crippen LogP contribution in [-0.4, -0.2) is 25.9 Å². The molecule has 0 saturated heterocycles. The summed E-state index contributed by atoms with van der Waals surface area (Å²) in [6, 6.07) is 8.04. The molecule has 0 radical (unpaired) electrons. The van der Waals surface area contributed by atoms with E-state index in [0.717, 1.165) is 22.6 Å². The van der Waals surface area contributed by atoms with Gasteiger partial charge in [0, 0.05) is 7.05 Å². The molecule has 3 rings (SSSR count). The standard InChI is InChI=1S/C15H18N4OS/c1-10-5-4-6-12(9-10)20-8-7-19-14-13(16-15(19)21)11(2)17-18(14)3/h4-6,9H,7-8H2,1-3H3,(H,16,21). The lowest BCUT2D eigenvalue weighted by Crippen LogP contribution is -2.10. The number of aromatic amines is 1. The van der Waals surface area contributed by atoms with Gasteiger partial charge in [0.05, 0.1) is 12.2 Å². The van der Waals surface area contributed by atoms with Gasteiger partial charge in [-0.1, -0.05) is 12.1 Å². The summed E-state index contributed by atoms with van der Waals surface area (Å²) >= 11 is 5.39. The van der Waals surface area contributed by atoms with Gasteiger partial charge in [-0.25, -0.2) is 0 Å². The molecular weight excluding hydrogens is 284 g/mol. The molecule has 5 nitrogen and oxygen atoms in total. The lowest BCUT2D eigenvalue weighted by molar-refractivity contribution is 0.298. The number of nitrogens with zero attached hydrogens (tertiary/aromatic N) is 3. The van der Waals surface area contributed by atoms with Crippen LogP contribution < -0.4 is 4.74 Å². The summed E-state index contributed by atoms with van der Waals surface area (Å²) in [5, 5.41) is 4.41. The normalized spacial score (nSPS) is 11.2. The number of rotatable bonds is 4.